The van der Waals surface area contributed by atoms with Crippen LogP contribution in [0, 0.1) is 0 Å². The molecule has 0 aliphatic carbocycles. The lowest BCUT2D eigenvalue weighted by molar-refractivity contribution is -0.114. The Morgan fingerprint density at radius 1 is 1.07 bits per heavy atom. The molecule has 4 aromatic rings. The first-order valence-corrected chi connectivity index (χ1v) is 8.80. The maximum absolute atomic E-state index is 11.4. The summed E-state index contributed by atoms with van der Waals surface area (Å²) in [7, 11) is 0. The number of anilines is 1. The van der Waals surface area contributed by atoms with E-state index in [4.69, 9.17) is 23.2 Å². The number of amides is 1. The van der Waals surface area contributed by atoms with Crippen LogP contribution in [0.2, 0.25) is 10.0 Å². The molecule has 2 N–H and O–H groups in total. The number of nitrogens with one attached hydrogen (secondary N) is 2. The van der Waals surface area contributed by atoms with Gasteiger partial charge in [0.05, 0.1) is 38.0 Å². The summed E-state index contributed by atoms with van der Waals surface area (Å²) in [5.41, 5.74) is 4.49. The van der Waals surface area contributed by atoms with Gasteiger partial charge >= 0.3 is 0 Å². The summed E-state index contributed by atoms with van der Waals surface area (Å²) in [4.78, 5) is 27.8. The zero-order chi connectivity index (χ0) is 19.0. The minimum atomic E-state index is -0.194. The number of carbonyl (C=O) groups excluding carboxylic acids is 1. The molecule has 0 saturated carbocycles. The molecule has 1 amide bonds. The van der Waals surface area contributed by atoms with Gasteiger partial charge in [0, 0.05) is 31.1 Å². The zero-order valence-electron chi connectivity index (χ0n) is 14.1. The number of halogens is 2. The molecule has 0 aromatic carbocycles. The van der Waals surface area contributed by atoms with E-state index < -0.39 is 0 Å². The van der Waals surface area contributed by atoms with Gasteiger partial charge in [0.15, 0.2) is 0 Å². The SMILES string of the molecule is CC(=O)Nc1cc(-c2[nH]c3c(Cl)ccnc3c2-c2ccc(Cl)cn2)ccn1. The highest BCUT2D eigenvalue weighted by molar-refractivity contribution is 6.35. The third-order valence-corrected chi connectivity index (χ3v) is 4.51. The second-order valence-electron chi connectivity index (χ2n) is 5.86. The minimum Gasteiger partial charge on any atom is -0.351 e. The van der Waals surface area contributed by atoms with Crippen molar-refractivity contribution < 1.29 is 4.79 Å². The van der Waals surface area contributed by atoms with Gasteiger partial charge in [-0.15, -0.1) is 0 Å². The highest BCUT2D eigenvalue weighted by atomic mass is 35.5. The fourth-order valence-electron chi connectivity index (χ4n) is 2.88. The highest BCUT2D eigenvalue weighted by Gasteiger charge is 2.19. The van der Waals surface area contributed by atoms with Crippen molar-refractivity contribution in [2.75, 3.05) is 5.32 Å². The second kappa shape index (κ2) is 6.98. The third kappa shape index (κ3) is 3.37. The van der Waals surface area contributed by atoms with E-state index in [2.05, 4.69) is 25.3 Å². The summed E-state index contributed by atoms with van der Waals surface area (Å²) >= 11 is 12.3. The number of rotatable bonds is 3. The van der Waals surface area contributed by atoms with Gasteiger partial charge in [-0.2, -0.15) is 0 Å². The van der Waals surface area contributed by atoms with Crippen LogP contribution in [-0.4, -0.2) is 25.8 Å². The number of aromatic nitrogens is 4. The number of hydrogen-bond acceptors (Lipinski definition) is 4. The van der Waals surface area contributed by atoms with Gasteiger partial charge in [-0.25, -0.2) is 4.98 Å². The lowest BCUT2D eigenvalue weighted by Gasteiger charge is -2.07. The van der Waals surface area contributed by atoms with Crippen LogP contribution in [0.5, 0.6) is 0 Å². The number of hydrogen-bond donors (Lipinski definition) is 2. The molecular weight excluding hydrogens is 385 g/mol. The van der Waals surface area contributed by atoms with Crippen LogP contribution in [0.1, 0.15) is 6.92 Å². The standard InChI is InChI=1S/C19H13Cl2N5O/c1-10(27)25-15-8-11(4-6-22-15)17-16(14-3-2-12(20)9-24-14)19-18(26-17)13(21)5-7-23-19/h2-9,26H,1H3,(H,22,25,27). The van der Waals surface area contributed by atoms with Crippen LogP contribution in [0.15, 0.2) is 48.9 Å². The molecule has 6 nitrogen and oxygen atoms in total. The van der Waals surface area contributed by atoms with Crippen molar-refractivity contribution in [3.8, 4) is 22.5 Å². The second-order valence-corrected chi connectivity index (χ2v) is 6.71. The van der Waals surface area contributed by atoms with Crippen molar-refractivity contribution in [2.45, 2.75) is 6.92 Å². The fourth-order valence-corrected chi connectivity index (χ4v) is 3.18. The van der Waals surface area contributed by atoms with E-state index >= 15 is 0 Å². The zero-order valence-corrected chi connectivity index (χ0v) is 15.6. The fraction of sp³-hybridized carbons (Fsp3) is 0.0526. The van der Waals surface area contributed by atoms with Gasteiger partial charge in [-0.3, -0.25) is 14.8 Å². The number of aromatic amines is 1. The predicted molar refractivity (Wildman–Crippen MR) is 107 cm³/mol. The molecule has 0 atom stereocenters. The molecule has 0 aliphatic heterocycles. The van der Waals surface area contributed by atoms with Crippen LogP contribution < -0.4 is 5.32 Å². The van der Waals surface area contributed by atoms with Crippen molar-refractivity contribution in [3.63, 3.8) is 0 Å². The van der Waals surface area contributed by atoms with E-state index in [0.717, 1.165) is 16.8 Å². The molecule has 0 bridgehead atoms. The molecule has 4 rings (SSSR count). The number of carbonyl (C=O) groups is 1. The summed E-state index contributed by atoms with van der Waals surface area (Å²) in [6, 6.07) is 8.93. The molecule has 4 heterocycles. The van der Waals surface area contributed by atoms with Crippen molar-refractivity contribution >= 4 is 46.0 Å². The summed E-state index contributed by atoms with van der Waals surface area (Å²) in [5.74, 6) is 0.258. The maximum Gasteiger partial charge on any atom is 0.222 e. The van der Waals surface area contributed by atoms with E-state index in [-0.39, 0.29) is 5.91 Å². The lowest BCUT2D eigenvalue weighted by Crippen LogP contribution is -2.07. The Hall–Kier alpha value is -2.96. The molecule has 134 valence electrons. The summed E-state index contributed by atoms with van der Waals surface area (Å²) < 4.78 is 0. The van der Waals surface area contributed by atoms with Gasteiger partial charge in [-0.05, 0) is 30.3 Å². The molecule has 0 fully saturated rings. The van der Waals surface area contributed by atoms with Crippen molar-refractivity contribution in [1.29, 1.82) is 0 Å². The molecule has 8 heteroatoms. The van der Waals surface area contributed by atoms with Gasteiger partial charge in [-0.1, -0.05) is 23.2 Å². The first-order valence-electron chi connectivity index (χ1n) is 8.05. The molecular formula is C19H13Cl2N5O. The molecule has 27 heavy (non-hydrogen) atoms. The molecule has 0 spiro atoms. The highest BCUT2D eigenvalue weighted by Crippen LogP contribution is 2.39. The Morgan fingerprint density at radius 2 is 1.89 bits per heavy atom. The molecule has 0 aliphatic rings. The smallest absolute Gasteiger partial charge is 0.222 e. The Morgan fingerprint density at radius 3 is 2.63 bits per heavy atom. The molecule has 0 saturated heterocycles. The summed E-state index contributed by atoms with van der Waals surface area (Å²) in [6.45, 7) is 1.43. The van der Waals surface area contributed by atoms with Crippen LogP contribution in [0.25, 0.3) is 33.5 Å². The number of H-pyrrole nitrogens is 1. The maximum atomic E-state index is 11.4. The third-order valence-electron chi connectivity index (χ3n) is 3.97. The van der Waals surface area contributed by atoms with Gasteiger partial charge in [0.1, 0.15) is 5.82 Å². The van der Waals surface area contributed by atoms with E-state index in [9.17, 15) is 4.79 Å². The van der Waals surface area contributed by atoms with Crippen molar-refractivity contribution in [1.82, 2.24) is 19.9 Å². The first-order chi connectivity index (χ1) is 13.0. The average molecular weight is 398 g/mol. The quantitative estimate of drug-likeness (QED) is 0.511. The van der Waals surface area contributed by atoms with E-state index in [1.165, 1.54) is 6.92 Å². The van der Waals surface area contributed by atoms with Gasteiger partial charge in [0.25, 0.3) is 0 Å². The number of fused-ring (bicyclic) bond motifs is 1. The first kappa shape index (κ1) is 17.5. The largest absolute Gasteiger partial charge is 0.351 e. The Kier molecular flexibility index (Phi) is 4.51. The lowest BCUT2D eigenvalue weighted by atomic mass is 10.0. The Labute approximate surface area is 164 Å². The summed E-state index contributed by atoms with van der Waals surface area (Å²) in [6.07, 6.45) is 4.86. The molecule has 0 radical (unpaired) electrons. The van der Waals surface area contributed by atoms with Crippen molar-refractivity contribution in [2.24, 2.45) is 0 Å². The van der Waals surface area contributed by atoms with Gasteiger partial charge in [0.2, 0.25) is 5.91 Å². The van der Waals surface area contributed by atoms with Crippen LogP contribution in [0.3, 0.4) is 0 Å². The molecule has 0 unspecified atom stereocenters. The number of pyridine rings is 3. The number of nitrogens with zero attached hydrogens (tertiary/aromatic N) is 3. The normalized spacial score (nSPS) is 10.9. The van der Waals surface area contributed by atoms with Crippen LogP contribution >= 0.6 is 23.2 Å². The average Bonchev–Trinajstić information content (AvgIpc) is 3.03. The monoisotopic (exact) mass is 397 g/mol. The van der Waals surface area contributed by atoms with E-state index in [0.29, 0.717) is 32.6 Å². The van der Waals surface area contributed by atoms with E-state index in [1.54, 1.807) is 36.8 Å². The predicted octanol–water partition coefficient (Wildman–Crippen LogP) is 4.95. The summed E-state index contributed by atoms with van der Waals surface area (Å²) in [5, 5.41) is 3.79. The Bertz CT molecular complexity index is 1150. The van der Waals surface area contributed by atoms with E-state index in [1.807, 2.05) is 12.1 Å². The van der Waals surface area contributed by atoms with Crippen LogP contribution in [-0.2, 0) is 4.79 Å². The van der Waals surface area contributed by atoms with Gasteiger partial charge < -0.3 is 10.3 Å². The van der Waals surface area contributed by atoms with Crippen molar-refractivity contribution in [3.05, 3.63) is 59.0 Å². The minimum absolute atomic E-state index is 0.194. The Balaban J connectivity index is 1.98. The molecule has 4 aromatic heterocycles. The topological polar surface area (TPSA) is 83.6 Å². The van der Waals surface area contributed by atoms with Crippen LogP contribution in [0.4, 0.5) is 5.82 Å².